The number of esters is 1. The summed E-state index contributed by atoms with van der Waals surface area (Å²) in [5, 5.41) is 0. The molecule has 0 bridgehead atoms. The Labute approximate surface area is 150 Å². The topological polar surface area (TPSA) is 54.0 Å². The lowest BCUT2D eigenvalue weighted by Crippen LogP contribution is -2.32. The molecule has 140 valence electrons. The van der Waals surface area contributed by atoms with Crippen LogP contribution < -0.4 is 0 Å². The van der Waals surface area contributed by atoms with E-state index in [9.17, 15) is 4.79 Å². The Hall–Kier alpha value is -0.910. The van der Waals surface area contributed by atoms with Crippen LogP contribution in [0.15, 0.2) is 12.2 Å². The van der Waals surface area contributed by atoms with E-state index in [1.807, 2.05) is 0 Å². The summed E-state index contributed by atoms with van der Waals surface area (Å²) in [6.07, 6.45) is 14.4. The van der Waals surface area contributed by atoms with Crippen molar-refractivity contribution in [3.63, 3.8) is 0 Å². The van der Waals surface area contributed by atoms with Gasteiger partial charge in [-0.2, -0.15) is 0 Å². The molecule has 4 aliphatic rings. The highest BCUT2D eigenvalue weighted by atomic mass is 16.7. The van der Waals surface area contributed by atoms with Crippen molar-refractivity contribution in [1.82, 2.24) is 0 Å². The van der Waals surface area contributed by atoms with E-state index in [1.54, 1.807) is 0 Å². The Morgan fingerprint density at radius 1 is 1.04 bits per heavy atom. The maximum atomic E-state index is 11.5. The average molecular weight is 350 g/mol. The van der Waals surface area contributed by atoms with Crippen molar-refractivity contribution in [3.05, 3.63) is 12.2 Å². The van der Waals surface area contributed by atoms with Crippen LogP contribution in [-0.4, -0.2) is 43.8 Å². The van der Waals surface area contributed by atoms with Crippen LogP contribution in [0.3, 0.4) is 0 Å². The van der Waals surface area contributed by atoms with Gasteiger partial charge >= 0.3 is 5.97 Å². The zero-order valence-electron chi connectivity index (χ0n) is 14.9. The van der Waals surface area contributed by atoms with E-state index in [0.29, 0.717) is 18.9 Å². The van der Waals surface area contributed by atoms with E-state index in [4.69, 9.17) is 18.9 Å². The molecule has 5 heteroatoms. The molecular formula is C20H30O5. The van der Waals surface area contributed by atoms with Gasteiger partial charge in [-0.3, -0.25) is 4.79 Å². The molecule has 0 aromatic carbocycles. The number of carbonyl (C=O) groups is 1. The van der Waals surface area contributed by atoms with Crippen molar-refractivity contribution < 1.29 is 23.7 Å². The molecule has 0 N–H and O–H groups in total. The van der Waals surface area contributed by atoms with Crippen LogP contribution in [-0.2, 0) is 23.7 Å². The SMILES string of the molecule is O=C1CC2C(C=CC(OC3CCCCO3)C3CCCCC3)OCC2O1. The van der Waals surface area contributed by atoms with Gasteiger partial charge in [0.05, 0.1) is 25.2 Å². The maximum absolute atomic E-state index is 11.5. The van der Waals surface area contributed by atoms with E-state index in [1.165, 1.54) is 38.5 Å². The maximum Gasteiger partial charge on any atom is 0.306 e. The van der Waals surface area contributed by atoms with Gasteiger partial charge in [-0.15, -0.1) is 0 Å². The first kappa shape index (κ1) is 17.5. The minimum atomic E-state index is -0.0904. The molecular weight excluding hydrogens is 320 g/mol. The Bertz CT molecular complexity index is 478. The Balaban J connectivity index is 1.40. The Morgan fingerprint density at radius 3 is 2.68 bits per heavy atom. The Morgan fingerprint density at radius 2 is 1.88 bits per heavy atom. The average Bonchev–Trinajstić information content (AvgIpc) is 3.19. The van der Waals surface area contributed by atoms with Gasteiger partial charge in [0.1, 0.15) is 6.10 Å². The lowest BCUT2D eigenvalue weighted by molar-refractivity contribution is -0.189. The fourth-order valence-electron chi connectivity index (χ4n) is 4.63. The molecule has 5 nitrogen and oxygen atoms in total. The van der Waals surface area contributed by atoms with Crippen molar-refractivity contribution in [2.24, 2.45) is 11.8 Å². The molecule has 4 fully saturated rings. The predicted molar refractivity (Wildman–Crippen MR) is 91.9 cm³/mol. The third-order valence-electron chi connectivity index (χ3n) is 6.09. The van der Waals surface area contributed by atoms with Gasteiger partial charge < -0.3 is 18.9 Å². The highest BCUT2D eigenvalue weighted by molar-refractivity contribution is 5.72. The minimum absolute atomic E-state index is 0.0292. The fraction of sp³-hybridized carbons (Fsp3) is 0.850. The van der Waals surface area contributed by atoms with Crippen LogP contribution >= 0.6 is 0 Å². The highest BCUT2D eigenvalue weighted by Gasteiger charge is 2.45. The van der Waals surface area contributed by atoms with Gasteiger partial charge in [-0.05, 0) is 38.0 Å². The second-order valence-electron chi connectivity index (χ2n) is 7.87. The zero-order chi connectivity index (χ0) is 17.1. The van der Waals surface area contributed by atoms with Gasteiger partial charge in [-0.25, -0.2) is 0 Å². The summed E-state index contributed by atoms with van der Waals surface area (Å²) >= 11 is 0. The van der Waals surface area contributed by atoms with Crippen molar-refractivity contribution in [2.75, 3.05) is 13.2 Å². The van der Waals surface area contributed by atoms with Crippen LogP contribution in [0.4, 0.5) is 0 Å². The van der Waals surface area contributed by atoms with Crippen molar-refractivity contribution in [1.29, 1.82) is 0 Å². The number of hydrogen-bond donors (Lipinski definition) is 0. The summed E-state index contributed by atoms with van der Waals surface area (Å²) in [6, 6.07) is 0. The molecule has 5 unspecified atom stereocenters. The van der Waals surface area contributed by atoms with E-state index >= 15 is 0 Å². The van der Waals surface area contributed by atoms with E-state index in [-0.39, 0.29) is 36.5 Å². The van der Waals surface area contributed by atoms with Crippen LogP contribution in [0.2, 0.25) is 0 Å². The third-order valence-corrected chi connectivity index (χ3v) is 6.09. The summed E-state index contributed by atoms with van der Waals surface area (Å²) in [5.41, 5.74) is 0. The van der Waals surface area contributed by atoms with Gasteiger partial charge in [-0.1, -0.05) is 31.4 Å². The summed E-state index contributed by atoms with van der Waals surface area (Å²) in [7, 11) is 0. The lowest BCUT2D eigenvalue weighted by atomic mass is 9.84. The molecule has 0 spiro atoms. The van der Waals surface area contributed by atoms with E-state index < -0.39 is 0 Å². The lowest BCUT2D eigenvalue weighted by Gasteiger charge is -2.33. The van der Waals surface area contributed by atoms with Gasteiger partial charge in [0.15, 0.2) is 6.29 Å². The fourth-order valence-corrected chi connectivity index (χ4v) is 4.63. The van der Waals surface area contributed by atoms with Crippen molar-refractivity contribution >= 4 is 5.97 Å². The van der Waals surface area contributed by atoms with E-state index in [0.717, 1.165) is 19.4 Å². The number of fused-ring (bicyclic) bond motifs is 1. The summed E-state index contributed by atoms with van der Waals surface area (Å²) in [6.45, 7) is 1.33. The van der Waals surface area contributed by atoms with Crippen LogP contribution in [0.5, 0.6) is 0 Å². The molecule has 4 rings (SSSR count). The first-order valence-corrected chi connectivity index (χ1v) is 10.1. The zero-order valence-corrected chi connectivity index (χ0v) is 14.9. The van der Waals surface area contributed by atoms with Crippen molar-refractivity contribution in [2.45, 2.75) is 82.4 Å². The molecule has 5 atom stereocenters. The number of hydrogen-bond acceptors (Lipinski definition) is 5. The molecule has 25 heavy (non-hydrogen) atoms. The van der Waals surface area contributed by atoms with E-state index in [2.05, 4.69) is 12.2 Å². The summed E-state index contributed by atoms with van der Waals surface area (Å²) in [4.78, 5) is 11.5. The number of ether oxygens (including phenoxy) is 4. The molecule has 3 aliphatic heterocycles. The molecule has 0 aromatic rings. The number of rotatable bonds is 5. The molecule has 1 aliphatic carbocycles. The first-order valence-electron chi connectivity index (χ1n) is 10.1. The second-order valence-corrected chi connectivity index (χ2v) is 7.87. The molecule has 3 saturated heterocycles. The number of carbonyl (C=O) groups excluding carboxylic acids is 1. The van der Waals surface area contributed by atoms with Gasteiger partial charge in [0.25, 0.3) is 0 Å². The standard InChI is InChI=1S/C20H30O5/c21-19-12-15-17(23-13-18(15)24-19)10-9-16(14-6-2-1-3-7-14)25-20-8-4-5-11-22-20/h9-10,14-18,20H,1-8,11-13H2. The first-order chi connectivity index (χ1) is 12.3. The summed E-state index contributed by atoms with van der Waals surface area (Å²) < 4.78 is 23.3. The van der Waals surface area contributed by atoms with Gasteiger partial charge in [0, 0.05) is 12.5 Å². The molecule has 0 amide bonds. The van der Waals surface area contributed by atoms with Crippen LogP contribution in [0.25, 0.3) is 0 Å². The normalized spacial score (nSPS) is 38.0. The molecule has 0 aromatic heterocycles. The molecule has 1 saturated carbocycles. The van der Waals surface area contributed by atoms with Crippen LogP contribution in [0.1, 0.15) is 57.8 Å². The highest BCUT2D eigenvalue weighted by Crippen LogP contribution is 2.35. The largest absolute Gasteiger partial charge is 0.459 e. The van der Waals surface area contributed by atoms with Crippen LogP contribution in [0, 0.1) is 11.8 Å². The quantitative estimate of drug-likeness (QED) is 0.562. The second kappa shape index (κ2) is 8.19. The minimum Gasteiger partial charge on any atom is -0.459 e. The monoisotopic (exact) mass is 350 g/mol. The molecule has 0 radical (unpaired) electrons. The predicted octanol–water partition coefficient (Wildman–Crippen LogP) is 3.37. The summed E-state index contributed by atoms with van der Waals surface area (Å²) in [5.74, 6) is 0.642. The molecule has 3 heterocycles. The van der Waals surface area contributed by atoms with Crippen molar-refractivity contribution in [3.8, 4) is 0 Å². The third kappa shape index (κ3) is 4.26. The Kier molecular flexibility index (Phi) is 5.73. The van der Waals surface area contributed by atoms with Gasteiger partial charge in [0.2, 0.25) is 0 Å². The smallest absolute Gasteiger partial charge is 0.306 e.